The second kappa shape index (κ2) is 4.73. The number of carbonyl (C=O) groups is 2. The SMILES string of the molecule is COC(=O)c1cccc(CC(C)=O)c1C. The Hall–Kier alpha value is -1.64. The number of benzene rings is 1. The van der Waals surface area contributed by atoms with Gasteiger partial charge in [-0.3, -0.25) is 4.79 Å². The van der Waals surface area contributed by atoms with Gasteiger partial charge in [0.05, 0.1) is 12.7 Å². The fraction of sp³-hybridized carbons (Fsp3) is 0.333. The van der Waals surface area contributed by atoms with Crippen molar-refractivity contribution in [2.24, 2.45) is 0 Å². The van der Waals surface area contributed by atoms with Gasteiger partial charge < -0.3 is 4.74 Å². The summed E-state index contributed by atoms with van der Waals surface area (Å²) in [5, 5.41) is 0. The van der Waals surface area contributed by atoms with Gasteiger partial charge in [0.25, 0.3) is 0 Å². The van der Waals surface area contributed by atoms with E-state index in [4.69, 9.17) is 0 Å². The average Bonchev–Trinajstić information content (AvgIpc) is 2.19. The molecule has 0 saturated heterocycles. The Kier molecular flexibility index (Phi) is 3.61. The standard InChI is InChI=1S/C12H14O3/c1-8(13)7-10-5-4-6-11(9(10)2)12(14)15-3/h4-6H,7H2,1-3H3. The second-order valence-electron chi connectivity index (χ2n) is 3.46. The first kappa shape index (κ1) is 11.4. The first-order valence-electron chi connectivity index (χ1n) is 4.72. The number of hydrogen-bond acceptors (Lipinski definition) is 3. The van der Waals surface area contributed by atoms with Crippen molar-refractivity contribution < 1.29 is 14.3 Å². The molecule has 0 spiro atoms. The molecule has 1 aromatic carbocycles. The average molecular weight is 206 g/mol. The van der Waals surface area contributed by atoms with E-state index in [0.29, 0.717) is 12.0 Å². The monoisotopic (exact) mass is 206 g/mol. The normalized spacial score (nSPS) is 9.80. The van der Waals surface area contributed by atoms with Gasteiger partial charge in [-0.1, -0.05) is 12.1 Å². The molecular formula is C12H14O3. The van der Waals surface area contributed by atoms with Gasteiger partial charge in [-0.2, -0.15) is 0 Å². The van der Waals surface area contributed by atoms with Crippen LogP contribution in [0.25, 0.3) is 0 Å². The van der Waals surface area contributed by atoms with Crippen LogP contribution in [0.15, 0.2) is 18.2 Å². The van der Waals surface area contributed by atoms with Gasteiger partial charge in [0.15, 0.2) is 0 Å². The van der Waals surface area contributed by atoms with E-state index < -0.39 is 0 Å². The van der Waals surface area contributed by atoms with Crippen LogP contribution in [0.2, 0.25) is 0 Å². The number of hydrogen-bond donors (Lipinski definition) is 0. The number of ketones is 1. The minimum Gasteiger partial charge on any atom is -0.465 e. The van der Waals surface area contributed by atoms with Crippen molar-refractivity contribution in [2.75, 3.05) is 7.11 Å². The molecule has 0 N–H and O–H groups in total. The van der Waals surface area contributed by atoms with Crippen LogP contribution < -0.4 is 0 Å². The predicted octanol–water partition coefficient (Wildman–Crippen LogP) is 1.91. The highest BCUT2D eigenvalue weighted by Gasteiger charge is 2.12. The van der Waals surface area contributed by atoms with Crippen molar-refractivity contribution in [3.05, 3.63) is 34.9 Å². The fourth-order valence-electron chi connectivity index (χ4n) is 1.47. The van der Waals surface area contributed by atoms with Crippen molar-refractivity contribution in [3.8, 4) is 0 Å². The Balaban J connectivity index is 3.11. The summed E-state index contributed by atoms with van der Waals surface area (Å²) < 4.78 is 4.65. The highest BCUT2D eigenvalue weighted by molar-refractivity contribution is 5.91. The van der Waals surface area contributed by atoms with Gasteiger partial charge in [0, 0.05) is 6.42 Å². The molecule has 0 aliphatic rings. The summed E-state index contributed by atoms with van der Waals surface area (Å²) in [6.07, 6.45) is 0.358. The molecule has 0 atom stereocenters. The van der Waals surface area contributed by atoms with Crippen LogP contribution >= 0.6 is 0 Å². The molecular weight excluding hydrogens is 192 g/mol. The van der Waals surface area contributed by atoms with Crippen molar-refractivity contribution in [1.82, 2.24) is 0 Å². The Morgan fingerprint density at radius 2 is 2.00 bits per heavy atom. The Bertz CT molecular complexity index is 394. The predicted molar refractivity (Wildman–Crippen MR) is 56.9 cm³/mol. The van der Waals surface area contributed by atoms with Gasteiger partial charge in [-0.05, 0) is 31.0 Å². The van der Waals surface area contributed by atoms with E-state index >= 15 is 0 Å². The van der Waals surface area contributed by atoms with Gasteiger partial charge in [0.1, 0.15) is 5.78 Å². The van der Waals surface area contributed by atoms with Crippen molar-refractivity contribution >= 4 is 11.8 Å². The number of methoxy groups -OCH3 is 1. The maximum Gasteiger partial charge on any atom is 0.338 e. The third kappa shape index (κ3) is 2.65. The first-order chi connectivity index (χ1) is 7.06. The largest absolute Gasteiger partial charge is 0.465 e. The first-order valence-corrected chi connectivity index (χ1v) is 4.72. The summed E-state index contributed by atoms with van der Waals surface area (Å²) in [6, 6.07) is 5.31. The maximum atomic E-state index is 11.4. The van der Waals surface area contributed by atoms with E-state index in [1.54, 1.807) is 12.1 Å². The van der Waals surface area contributed by atoms with Crippen LogP contribution in [0.4, 0.5) is 0 Å². The molecule has 0 aliphatic heterocycles. The zero-order valence-electron chi connectivity index (χ0n) is 9.16. The summed E-state index contributed by atoms with van der Waals surface area (Å²) in [6.45, 7) is 3.36. The maximum absolute atomic E-state index is 11.4. The number of ether oxygens (including phenoxy) is 1. The molecule has 0 unspecified atom stereocenters. The van der Waals surface area contributed by atoms with Crippen LogP contribution in [0.5, 0.6) is 0 Å². The molecule has 1 aromatic rings. The summed E-state index contributed by atoms with van der Waals surface area (Å²) >= 11 is 0. The van der Waals surface area contributed by atoms with E-state index in [0.717, 1.165) is 11.1 Å². The van der Waals surface area contributed by atoms with E-state index in [-0.39, 0.29) is 11.8 Å². The van der Waals surface area contributed by atoms with Crippen molar-refractivity contribution in [1.29, 1.82) is 0 Å². The van der Waals surface area contributed by atoms with E-state index in [1.165, 1.54) is 14.0 Å². The van der Waals surface area contributed by atoms with Crippen LogP contribution in [0.3, 0.4) is 0 Å². The molecule has 1 rings (SSSR count). The zero-order valence-corrected chi connectivity index (χ0v) is 9.16. The lowest BCUT2D eigenvalue weighted by Gasteiger charge is -2.08. The van der Waals surface area contributed by atoms with Crippen molar-refractivity contribution in [3.63, 3.8) is 0 Å². The molecule has 0 aliphatic carbocycles. The summed E-state index contributed by atoms with van der Waals surface area (Å²) in [4.78, 5) is 22.4. The molecule has 3 heteroatoms. The number of rotatable bonds is 3. The smallest absolute Gasteiger partial charge is 0.338 e. The Morgan fingerprint density at radius 1 is 1.33 bits per heavy atom. The lowest BCUT2D eigenvalue weighted by atomic mass is 9.99. The molecule has 0 bridgehead atoms. The lowest BCUT2D eigenvalue weighted by molar-refractivity contribution is -0.116. The highest BCUT2D eigenvalue weighted by Crippen LogP contribution is 2.15. The number of esters is 1. The number of carbonyl (C=O) groups excluding carboxylic acids is 2. The van der Waals surface area contributed by atoms with Crippen molar-refractivity contribution in [2.45, 2.75) is 20.3 Å². The quantitative estimate of drug-likeness (QED) is 0.709. The van der Waals surface area contributed by atoms with Crippen LogP contribution in [-0.4, -0.2) is 18.9 Å². The van der Waals surface area contributed by atoms with Gasteiger partial charge in [-0.25, -0.2) is 4.79 Å². The molecule has 0 fully saturated rings. The Morgan fingerprint density at radius 3 is 2.53 bits per heavy atom. The van der Waals surface area contributed by atoms with Crippen LogP contribution in [0, 0.1) is 6.92 Å². The lowest BCUT2D eigenvalue weighted by Crippen LogP contribution is -2.07. The molecule has 0 amide bonds. The van der Waals surface area contributed by atoms with E-state index in [1.807, 2.05) is 13.0 Å². The zero-order chi connectivity index (χ0) is 11.4. The summed E-state index contributed by atoms with van der Waals surface area (Å²) in [5.41, 5.74) is 2.22. The molecule has 0 aromatic heterocycles. The molecule has 0 heterocycles. The Labute approximate surface area is 89.1 Å². The third-order valence-corrected chi connectivity index (χ3v) is 2.29. The topological polar surface area (TPSA) is 43.4 Å². The molecule has 3 nitrogen and oxygen atoms in total. The highest BCUT2D eigenvalue weighted by atomic mass is 16.5. The van der Waals surface area contributed by atoms with Crippen LogP contribution in [0.1, 0.15) is 28.4 Å². The summed E-state index contributed by atoms with van der Waals surface area (Å²) in [7, 11) is 1.35. The second-order valence-corrected chi connectivity index (χ2v) is 3.46. The van der Waals surface area contributed by atoms with Crippen LogP contribution in [-0.2, 0) is 16.0 Å². The summed E-state index contributed by atoms with van der Waals surface area (Å²) in [5.74, 6) is -0.280. The fourth-order valence-corrected chi connectivity index (χ4v) is 1.47. The third-order valence-electron chi connectivity index (χ3n) is 2.29. The molecule has 80 valence electrons. The van der Waals surface area contributed by atoms with Gasteiger partial charge in [0.2, 0.25) is 0 Å². The van der Waals surface area contributed by atoms with E-state index in [2.05, 4.69) is 4.74 Å². The minimum absolute atomic E-state index is 0.0834. The molecule has 0 saturated carbocycles. The van der Waals surface area contributed by atoms with E-state index in [9.17, 15) is 9.59 Å². The minimum atomic E-state index is -0.363. The molecule has 0 radical (unpaired) electrons. The number of Topliss-reactive ketones (excluding diaryl/α,β-unsaturated/α-hetero) is 1. The van der Waals surface area contributed by atoms with Gasteiger partial charge in [-0.15, -0.1) is 0 Å². The molecule has 15 heavy (non-hydrogen) atoms. The van der Waals surface area contributed by atoms with Gasteiger partial charge >= 0.3 is 5.97 Å².